The summed E-state index contributed by atoms with van der Waals surface area (Å²) in [6.45, 7) is 4.13. The molecule has 0 saturated carbocycles. The molecule has 1 aromatic heterocycles. The molecule has 1 aliphatic rings. The Morgan fingerprint density at radius 1 is 1.12 bits per heavy atom. The van der Waals surface area contributed by atoms with E-state index in [-0.39, 0.29) is 0 Å². The van der Waals surface area contributed by atoms with Crippen LogP contribution in [0, 0.1) is 0 Å². The largest absolute Gasteiger partial charge is 0.356 e. The van der Waals surface area contributed by atoms with Crippen LogP contribution in [-0.2, 0) is 13.0 Å². The van der Waals surface area contributed by atoms with Gasteiger partial charge in [0.05, 0.1) is 0 Å². The van der Waals surface area contributed by atoms with Crippen LogP contribution >= 0.6 is 0 Å². The van der Waals surface area contributed by atoms with Crippen molar-refractivity contribution in [1.29, 1.82) is 0 Å². The van der Waals surface area contributed by atoms with Crippen LogP contribution in [-0.4, -0.2) is 48.6 Å². The normalized spacial score (nSPS) is 16.4. The Morgan fingerprint density at radius 2 is 1.88 bits per heavy atom. The molecule has 3 rings (SSSR count). The van der Waals surface area contributed by atoms with E-state index < -0.39 is 0 Å². The molecule has 2 aromatic rings. The minimum atomic E-state index is 0.489. The van der Waals surface area contributed by atoms with Crippen molar-refractivity contribution in [3.05, 3.63) is 66.0 Å². The van der Waals surface area contributed by atoms with E-state index in [0.29, 0.717) is 6.04 Å². The van der Waals surface area contributed by atoms with E-state index in [1.165, 1.54) is 5.56 Å². The number of guanidine groups is 1. The van der Waals surface area contributed by atoms with Crippen molar-refractivity contribution in [3.63, 3.8) is 0 Å². The maximum absolute atomic E-state index is 4.36. The first-order valence-corrected chi connectivity index (χ1v) is 9.47. The Morgan fingerprint density at radius 3 is 2.58 bits per heavy atom. The zero-order valence-electron chi connectivity index (χ0n) is 15.6. The maximum Gasteiger partial charge on any atom is 0.191 e. The van der Waals surface area contributed by atoms with Gasteiger partial charge >= 0.3 is 0 Å². The smallest absolute Gasteiger partial charge is 0.191 e. The summed E-state index contributed by atoms with van der Waals surface area (Å²) in [7, 11) is 1.83. The lowest BCUT2D eigenvalue weighted by Crippen LogP contribution is -2.48. The number of nitrogens with one attached hydrogen (secondary N) is 2. The van der Waals surface area contributed by atoms with Gasteiger partial charge in [-0.25, -0.2) is 0 Å². The molecule has 1 fully saturated rings. The van der Waals surface area contributed by atoms with Crippen LogP contribution in [0.3, 0.4) is 0 Å². The number of piperidine rings is 1. The number of likely N-dealkylation sites (tertiary alicyclic amines) is 1. The topological polar surface area (TPSA) is 52.6 Å². The fourth-order valence-electron chi connectivity index (χ4n) is 3.32. The first-order valence-electron chi connectivity index (χ1n) is 9.47. The van der Waals surface area contributed by atoms with Crippen molar-refractivity contribution in [2.24, 2.45) is 4.99 Å². The lowest BCUT2D eigenvalue weighted by Gasteiger charge is -2.33. The minimum Gasteiger partial charge on any atom is -0.356 e. The lowest BCUT2D eigenvalue weighted by molar-refractivity contribution is 0.198. The number of benzene rings is 1. The number of nitrogens with zero attached hydrogens (tertiary/aromatic N) is 3. The zero-order chi connectivity index (χ0) is 18.0. The van der Waals surface area contributed by atoms with Crippen LogP contribution < -0.4 is 10.6 Å². The van der Waals surface area contributed by atoms with Gasteiger partial charge in [0.1, 0.15) is 0 Å². The zero-order valence-corrected chi connectivity index (χ0v) is 15.6. The van der Waals surface area contributed by atoms with Gasteiger partial charge in [0.25, 0.3) is 0 Å². The molecule has 0 radical (unpaired) electrons. The number of hydrogen-bond donors (Lipinski definition) is 2. The van der Waals surface area contributed by atoms with Gasteiger partial charge in [-0.05, 0) is 30.5 Å². The number of pyridine rings is 1. The van der Waals surface area contributed by atoms with E-state index in [2.05, 4.69) is 61.9 Å². The van der Waals surface area contributed by atoms with Gasteiger partial charge < -0.3 is 10.6 Å². The number of hydrogen-bond acceptors (Lipinski definition) is 3. The van der Waals surface area contributed by atoms with E-state index in [4.69, 9.17) is 0 Å². The molecule has 2 N–H and O–H groups in total. The molecule has 0 unspecified atom stereocenters. The van der Waals surface area contributed by atoms with Crippen LogP contribution in [0.1, 0.15) is 24.1 Å². The third-order valence-corrected chi connectivity index (χ3v) is 4.80. The second-order valence-corrected chi connectivity index (χ2v) is 6.75. The summed E-state index contributed by atoms with van der Waals surface area (Å²) in [5, 5.41) is 6.97. The minimum absolute atomic E-state index is 0.489. The first-order chi connectivity index (χ1) is 12.8. The predicted molar refractivity (Wildman–Crippen MR) is 107 cm³/mol. The molecular formula is C21H29N5. The SMILES string of the molecule is CN=C(NCCc1ccccn1)NC1CCN(Cc2ccccc2)CC1. The highest BCUT2D eigenvalue weighted by Crippen LogP contribution is 2.13. The van der Waals surface area contributed by atoms with E-state index >= 15 is 0 Å². The quantitative estimate of drug-likeness (QED) is 0.620. The molecule has 2 heterocycles. The number of aromatic nitrogens is 1. The summed E-state index contributed by atoms with van der Waals surface area (Å²) in [6.07, 6.45) is 5.03. The third kappa shape index (κ3) is 5.85. The standard InChI is InChI=1S/C21H29N5/c1-22-21(24-14-10-19-9-5-6-13-23-19)25-20-11-15-26(16-12-20)17-18-7-3-2-4-8-18/h2-9,13,20H,10-12,14-17H2,1H3,(H2,22,24,25). The Balaban J connectivity index is 1.37. The van der Waals surface area contributed by atoms with Gasteiger partial charge in [0.2, 0.25) is 0 Å². The van der Waals surface area contributed by atoms with Crippen molar-refractivity contribution < 1.29 is 0 Å². The van der Waals surface area contributed by atoms with Gasteiger partial charge in [-0.1, -0.05) is 36.4 Å². The molecule has 0 spiro atoms. The van der Waals surface area contributed by atoms with Crippen molar-refractivity contribution in [2.45, 2.75) is 31.8 Å². The molecule has 0 amide bonds. The molecule has 1 saturated heterocycles. The van der Waals surface area contributed by atoms with Crippen LogP contribution in [0.25, 0.3) is 0 Å². The predicted octanol–water partition coefficient (Wildman–Crippen LogP) is 2.45. The summed E-state index contributed by atoms with van der Waals surface area (Å²) in [5.41, 5.74) is 2.50. The highest BCUT2D eigenvalue weighted by molar-refractivity contribution is 5.79. The fourth-order valence-corrected chi connectivity index (χ4v) is 3.32. The maximum atomic E-state index is 4.36. The van der Waals surface area contributed by atoms with Crippen molar-refractivity contribution in [2.75, 3.05) is 26.7 Å². The van der Waals surface area contributed by atoms with E-state index in [1.54, 1.807) is 0 Å². The second kappa shape index (κ2) is 9.92. The number of rotatable bonds is 6. The van der Waals surface area contributed by atoms with Crippen molar-refractivity contribution in [3.8, 4) is 0 Å². The summed E-state index contributed by atoms with van der Waals surface area (Å²) >= 11 is 0. The van der Waals surface area contributed by atoms with Crippen molar-refractivity contribution >= 4 is 5.96 Å². The molecule has 1 aromatic carbocycles. The molecule has 1 aliphatic heterocycles. The van der Waals surface area contributed by atoms with Crippen LogP contribution in [0.2, 0.25) is 0 Å². The molecular weight excluding hydrogens is 322 g/mol. The van der Waals surface area contributed by atoms with Gasteiger partial charge in [0, 0.05) is 57.6 Å². The molecule has 26 heavy (non-hydrogen) atoms. The fraction of sp³-hybridized carbons (Fsp3) is 0.429. The highest BCUT2D eigenvalue weighted by atomic mass is 15.2. The molecule has 0 aliphatic carbocycles. The Labute approximate surface area is 156 Å². The van der Waals surface area contributed by atoms with E-state index in [9.17, 15) is 0 Å². The molecule has 5 nitrogen and oxygen atoms in total. The van der Waals surface area contributed by atoms with Crippen LogP contribution in [0.15, 0.2) is 59.7 Å². The molecule has 5 heteroatoms. The first kappa shape index (κ1) is 18.4. The summed E-state index contributed by atoms with van der Waals surface area (Å²) in [5.74, 6) is 0.891. The lowest BCUT2D eigenvalue weighted by atomic mass is 10.0. The van der Waals surface area contributed by atoms with Gasteiger partial charge in [-0.15, -0.1) is 0 Å². The van der Waals surface area contributed by atoms with E-state index in [0.717, 1.165) is 57.1 Å². The molecule has 0 bridgehead atoms. The molecule has 0 atom stereocenters. The Bertz CT molecular complexity index is 663. The van der Waals surface area contributed by atoms with Crippen LogP contribution in [0.4, 0.5) is 0 Å². The van der Waals surface area contributed by atoms with Gasteiger partial charge in [0.15, 0.2) is 5.96 Å². The third-order valence-electron chi connectivity index (χ3n) is 4.80. The number of aliphatic imine (C=N–C) groups is 1. The second-order valence-electron chi connectivity index (χ2n) is 6.75. The van der Waals surface area contributed by atoms with Crippen LogP contribution in [0.5, 0.6) is 0 Å². The average molecular weight is 351 g/mol. The molecule has 138 valence electrons. The monoisotopic (exact) mass is 351 g/mol. The summed E-state index contributed by atoms with van der Waals surface area (Å²) < 4.78 is 0. The summed E-state index contributed by atoms with van der Waals surface area (Å²) in [4.78, 5) is 11.2. The average Bonchev–Trinajstić information content (AvgIpc) is 2.70. The summed E-state index contributed by atoms with van der Waals surface area (Å²) in [6, 6.07) is 17.2. The van der Waals surface area contributed by atoms with Gasteiger partial charge in [-0.2, -0.15) is 0 Å². The van der Waals surface area contributed by atoms with E-state index in [1.807, 2.05) is 25.4 Å². The Kier molecular flexibility index (Phi) is 7.02. The van der Waals surface area contributed by atoms with Gasteiger partial charge in [-0.3, -0.25) is 14.9 Å². The highest BCUT2D eigenvalue weighted by Gasteiger charge is 2.19. The Hall–Kier alpha value is -2.40. The van der Waals surface area contributed by atoms with Crippen molar-refractivity contribution in [1.82, 2.24) is 20.5 Å².